The van der Waals surface area contributed by atoms with Crippen LogP contribution in [-0.4, -0.2) is 15.1 Å². The van der Waals surface area contributed by atoms with Crippen LogP contribution in [0.1, 0.15) is 31.3 Å². The maximum atomic E-state index is 9.51. The third-order valence-corrected chi connectivity index (χ3v) is 2.67. The molecule has 0 atom stereocenters. The van der Waals surface area contributed by atoms with Crippen molar-refractivity contribution < 1.29 is 5.11 Å². The van der Waals surface area contributed by atoms with E-state index in [1.807, 2.05) is 12.1 Å². The molecule has 4 N–H and O–H groups in total. The van der Waals surface area contributed by atoms with Crippen LogP contribution in [0.25, 0.3) is 11.3 Å². The molecule has 0 saturated carbocycles. The average Bonchev–Trinajstić information content (AvgIpc) is 2.73. The van der Waals surface area contributed by atoms with E-state index in [2.05, 4.69) is 23.8 Å². The fourth-order valence-corrected chi connectivity index (χ4v) is 1.83. The topological polar surface area (TPSA) is 74.9 Å². The average molecular weight is 231 g/mol. The maximum Gasteiger partial charge on any atom is 0.120 e. The molecule has 2 aromatic rings. The van der Waals surface area contributed by atoms with E-state index in [1.165, 1.54) is 0 Å². The van der Waals surface area contributed by atoms with Gasteiger partial charge in [0.05, 0.1) is 12.2 Å². The van der Waals surface area contributed by atoms with Gasteiger partial charge in [0.25, 0.3) is 0 Å². The molecule has 1 aromatic carbocycles. The summed E-state index contributed by atoms with van der Waals surface area (Å²) < 4.78 is 0. The predicted octanol–water partition coefficient (Wildman–Crippen LogP) is 2.36. The lowest BCUT2D eigenvalue weighted by atomic mass is 10.0. The van der Waals surface area contributed by atoms with Gasteiger partial charge in [-0.15, -0.1) is 0 Å². The largest absolute Gasteiger partial charge is 0.508 e. The fraction of sp³-hybridized carbons (Fsp3) is 0.308. The van der Waals surface area contributed by atoms with Crippen LogP contribution in [0, 0.1) is 0 Å². The Morgan fingerprint density at radius 3 is 2.76 bits per heavy atom. The Balaban J connectivity index is 2.53. The molecule has 0 saturated heterocycles. The van der Waals surface area contributed by atoms with Crippen molar-refractivity contribution in [3.8, 4) is 17.0 Å². The Bertz CT molecular complexity index is 517. The third kappa shape index (κ3) is 2.31. The van der Waals surface area contributed by atoms with Gasteiger partial charge < -0.3 is 15.8 Å². The summed E-state index contributed by atoms with van der Waals surface area (Å²) >= 11 is 0. The van der Waals surface area contributed by atoms with Gasteiger partial charge in [0.2, 0.25) is 0 Å². The van der Waals surface area contributed by atoms with Crippen molar-refractivity contribution in [3.05, 3.63) is 35.8 Å². The standard InChI is InChI=1S/C13H17N3O/c1-8(2)12-13(16-11(7-14)15-12)9-4-3-5-10(17)6-9/h3-6,8,17H,7,14H2,1-2H3,(H,15,16). The van der Waals surface area contributed by atoms with Crippen LogP contribution in [-0.2, 0) is 6.54 Å². The second-order valence-corrected chi connectivity index (χ2v) is 4.35. The molecule has 0 aliphatic heterocycles. The lowest BCUT2D eigenvalue weighted by molar-refractivity contribution is 0.475. The highest BCUT2D eigenvalue weighted by molar-refractivity contribution is 5.64. The highest BCUT2D eigenvalue weighted by Crippen LogP contribution is 2.28. The molecule has 0 bridgehead atoms. The summed E-state index contributed by atoms with van der Waals surface area (Å²) in [6.45, 7) is 4.58. The van der Waals surface area contributed by atoms with Gasteiger partial charge in [0.1, 0.15) is 11.6 Å². The summed E-state index contributed by atoms with van der Waals surface area (Å²) in [5.41, 5.74) is 8.43. The Morgan fingerprint density at radius 2 is 2.18 bits per heavy atom. The Morgan fingerprint density at radius 1 is 1.41 bits per heavy atom. The molecule has 1 aromatic heterocycles. The van der Waals surface area contributed by atoms with Gasteiger partial charge in [0, 0.05) is 11.3 Å². The van der Waals surface area contributed by atoms with Crippen molar-refractivity contribution in [2.24, 2.45) is 5.73 Å². The van der Waals surface area contributed by atoms with Crippen LogP contribution in [0.5, 0.6) is 5.75 Å². The van der Waals surface area contributed by atoms with E-state index in [1.54, 1.807) is 12.1 Å². The van der Waals surface area contributed by atoms with Crippen LogP contribution >= 0.6 is 0 Å². The van der Waals surface area contributed by atoms with Crippen LogP contribution in [0.4, 0.5) is 0 Å². The van der Waals surface area contributed by atoms with Crippen LogP contribution in [0.3, 0.4) is 0 Å². The first-order valence-electron chi connectivity index (χ1n) is 5.70. The first kappa shape index (κ1) is 11.7. The number of rotatable bonds is 3. The molecule has 4 nitrogen and oxygen atoms in total. The maximum absolute atomic E-state index is 9.51. The first-order chi connectivity index (χ1) is 8.11. The molecule has 4 heteroatoms. The number of imidazole rings is 1. The first-order valence-corrected chi connectivity index (χ1v) is 5.70. The van der Waals surface area contributed by atoms with Gasteiger partial charge >= 0.3 is 0 Å². The van der Waals surface area contributed by atoms with Gasteiger partial charge in [-0.3, -0.25) is 0 Å². The number of aromatic nitrogens is 2. The van der Waals surface area contributed by atoms with Crippen molar-refractivity contribution in [2.75, 3.05) is 0 Å². The van der Waals surface area contributed by atoms with E-state index in [9.17, 15) is 5.11 Å². The third-order valence-electron chi connectivity index (χ3n) is 2.67. The highest BCUT2D eigenvalue weighted by atomic mass is 16.3. The summed E-state index contributed by atoms with van der Waals surface area (Å²) in [4.78, 5) is 7.70. The SMILES string of the molecule is CC(C)c1[nH]c(CN)nc1-c1cccc(O)c1. The summed E-state index contributed by atoms with van der Waals surface area (Å²) in [5, 5.41) is 9.51. The zero-order valence-corrected chi connectivity index (χ0v) is 10.1. The minimum Gasteiger partial charge on any atom is -0.508 e. The summed E-state index contributed by atoms with van der Waals surface area (Å²) in [6, 6.07) is 7.10. The Labute approximate surface area is 101 Å². The smallest absolute Gasteiger partial charge is 0.120 e. The van der Waals surface area contributed by atoms with Gasteiger partial charge in [0.15, 0.2) is 0 Å². The molecule has 1 heterocycles. The Hall–Kier alpha value is -1.81. The number of nitrogens with one attached hydrogen (secondary N) is 1. The van der Waals surface area contributed by atoms with Crippen LogP contribution < -0.4 is 5.73 Å². The van der Waals surface area contributed by atoms with Crippen molar-refractivity contribution >= 4 is 0 Å². The van der Waals surface area contributed by atoms with Crippen molar-refractivity contribution in [1.29, 1.82) is 0 Å². The number of H-pyrrole nitrogens is 1. The lowest BCUT2D eigenvalue weighted by Crippen LogP contribution is -1.98. The van der Waals surface area contributed by atoms with E-state index >= 15 is 0 Å². The normalized spacial score (nSPS) is 11.1. The van der Waals surface area contributed by atoms with E-state index in [4.69, 9.17) is 5.73 Å². The number of nitrogens with two attached hydrogens (primary N) is 1. The molecule has 0 aliphatic rings. The van der Waals surface area contributed by atoms with Crippen LogP contribution in [0.2, 0.25) is 0 Å². The summed E-state index contributed by atoms with van der Waals surface area (Å²) in [6.07, 6.45) is 0. The fourth-order valence-electron chi connectivity index (χ4n) is 1.83. The number of phenolic OH excluding ortho intramolecular Hbond substituents is 1. The number of phenols is 1. The summed E-state index contributed by atoms with van der Waals surface area (Å²) in [5.74, 6) is 1.35. The molecule has 0 spiro atoms. The van der Waals surface area contributed by atoms with Crippen molar-refractivity contribution in [1.82, 2.24) is 9.97 Å². The van der Waals surface area contributed by atoms with Crippen molar-refractivity contribution in [2.45, 2.75) is 26.3 Å². The molecule has 90 valence electrons. The second kappa shape index (κ2) is 4.59. The molecule has 0 aliphatic carbocycles. The molecule has 0 radical (unpaired) electrons. The van der Waals surface area contributed by atoms with Gasteiger partial charge in [-0.05, 0) is 18.1 Å². The zero-order valence-electron chi connectivity index (χ0n) is 10.1. The van der Waals surface area contributed by atoms with Crippen molar-refractivity contribution in [3.63, 3.8) is 0 Å². The number of aromatic hydroxyl groups is 1. The molecular formula is C13H17N3O. The van der Waals surface area contributed by atoms with Crippen LogP contribution in [0.15, 0.2) is 24.3 Å². The van der Waals surface area contributed by atoms with E-state index < -0.39 is 0 Å². The summed E-state index contributed by atoms with van der Waals surface area (Å²) in [7, 11) is 0. The Kier molecular flexibility index (Phi) is 3.15. The van der Waals surface area contributed by atoms with E-state index in [0.29, 0.717) is 12.5 Å². The molecule has 17 heavy (non-hydrogen) atoms. The molecular weight excluding hydrogens is 214 g/mol. The minimum absolute atomic E-state index is 0.245. The highest BCUT2D eigenvalue weighted by Gasteiger charge is 2.14. The molecule has 0 amide bonds. The minimum atomic E-state index is 0.245. The number of hydrogen-bond acceptors (Lipinski definition) is 3. The monoisotopic (exact) mass is 231 g/mol. The second-order valence-electron chi connectivity index (χ2n) is 4.35. The zero-order chi connectivity index (χ0) is 12.4. The molecule has 0 fully saturated rings. The molecule has 0 unspecified atom stereocenters. The van der Waals surface area contributed by atoms with Gasteiger partial charge in [-0.1, -0.05) is 26.0 Å². The van der Waals surface area contributed by atoms with Gasteiger partial charge in [-0.2, -0.15) is 0 Å². The van der Waals surface area contributed by atoms with Gasteiger partial charge in [-0.25, -0.2) is 4.98 Å². The predicted molar refractivity (Wildman–Crippen MR) is 67.7 cm³/mol. The van der Waals surface area contributed by atoms with E-state index in [-0.39, 0.29) is 5.75 Å². The van der Waals surface area contributed by atoms with E-state index in [0.717, 1.165) is 22.8 Å². The number of aromatic amines is 1. The number of benzene rings is 1. The number of nitrogens with zero attached hydrogens (tertiary/aromatic N) is 1. The number of hydrogen-bond donors (Lipinski definition) is 3. The molecule has 2 rings (SSSR count). The quantitative estimate of drug-likeness (QED) is 0.759. The lowest BCUT2D eigenvalue weighted by Gasteiger charge is -2.05.